The molecule has 0 spiro atoms. The molecule has 3 aromatic carbocycles. The van der Waals surface area contributed by atoms with Crippen molar-refractivity contribution in [2.75, 3.05) is 13.1 Å². The predicted octanol–water partition coefficient (Wildman–Crippen LogP) is 6.66. The SMILES string of the molecule is Cc1ccc(CN2CCC(c3cc(C)cc(-c4ccc(C)cc4)c3)CC2)cc1. The Labute approximate surface area is 170 Å². The Bertz CT molecular complexity index is 913. The van der Waals surface area contributed by atoms with E-state index in [1.807, 2.05) is 0 Å². The van der Waals surface area contributed by atoms with Crippen molar-refractivity contribution < 1.29 is 0 Å². The average molecular weight is 370 g/mol. The van der Waals surface area contributed by atoms with Gasteiger partial charge in [0.1, 0.15) is 0 Å². The van der Waals surface area contributed by atoms with Crippen LogP contribution in [0, 0.1) is 20.8 Å². The molecule has 1 saturated heterocycles. The van der Waals surface area contributed by atoms with E-state index in [9.17, 15) is 0 Å². The quantitative estimate of drug-likeness (QED) is 0.497. The molecule has 1 heteroatoms. The Morgan fingerprint density at radius 3 is 1.93 bits per heavy atom. The summed E-state index contributed by atoms with van der Waals surface area (Å²) in [4.78, 5) is 2.61. The smallest absolute Gasteiger partial charge is 0.0233 e. The van der Waals surface area contributed by atoms with Crippen LogP contribution in [0.15, 0.2) is 66.7 Å². The van der Waals surface area contributed by atoms with Crippen LogP contribution in [0.4, 0.5) is 0 Å². The third-order valence-electron chi connectivity index (χ3n) is 6.07. The van der Waals surface area contributed by atoms with Gasteiger partial charge in [0.05, 0.1) is 0 Å². The first kappa shape index (κ1) is 19.0. The summed E-state index contributed by atoms with van der Waals surface area (Å²) in [6, 6.07) is 25.1. The van der Waals surface area contributed by atoms with Crippen molar-refractivity contribution in [1.29, 1.82) is 0 Å². The van der Waals surface area contributed by atoms with Gasteiger partial charge in [-0.3, -0.25) is 4.90 Å². The fraction of sp³-hybridized carbons (Fsp3) is 0.333. The molecule has 0 radical (unpaired) electrons. The van der Waals surface area contributed by atoms with Gasteiger partial charge in [-0.15, -0.1) is 0 Å². The normalized spacial score (nSPS) is 15.7. The molecule has 1 nitrogen and oxygen atoms in total. The van der Waals surface area contributed by atoms with Crippen molar-refractivity contribution in [1.82, 2.24) is 4.90 Å². The lowest BCUT2D eigenvalue weighted by Gasteiger charge is -2.32. The van der Waals surface area contributed by atoms with Gasteiger partial charge in [-0.25, -0.2) is 0 Å². The summed E-state index contributed by atoms with van der Waals surface area (Å²) in [7, 11) is 0. The molecule has 0 N–H and O–H groups in total. The number of nitrogens with zero attached hydrogens (tertiary/aromatic N) is 1. The van der Waals surface area contributed by atoms with Crippen LogP contribution in [-0.2, 0) is 6.54 Å². The van der Waals surface area contributed by atoms with Crippen molar-refractivity contribution in [3.8, 4) is 11.1 Å². The zero-order valence-corrected chi connectivity index (χ0v) is 17.4. The third kappa shape index (κ3) is 4.54. The van der Waals surface area contributed by atoms with E-state index in [0.29, 0.717) is 5.92 Å². The summed E-state index contributed by atoms with van der Waals surface area (Å²) in [6.45, 7) is 9.99. The summed E-state index contributed by atoms with van der Waals surface area (Å²) >= 11 is 0. The Kier molecular flexibility index (Phi) is 5.64. The summed E-state index contributed by atoms with van der Waals surface area (Å²) in [5.41, 5.74) is 9.66. The first-order valence-electron chi connectivity index (χ1n) is 10.5. The summed E-state index contributed by atoms with van der Waals surface area (Å²) in [6.07, 6.45) is 2.51. The highest BCUT2D eigenvalue weighted by molar-refractivity contribution is 5.65. The highest BCUT2D eigenvalue weighted by Gasteiger charge is 2.21. The number of likely N-dealkylation sites (tertiary alicyclic amines) is 1. The van der Waals surface area contributed by atoms with E-state index < -0.39 is 0 Å². The Hall–Kier alpha value is -2.38. The van der Waals surface area contributed by atoms with Crippen molar-refractivity contribution in [3.05, 3.63) is 94.5 Å². The van der Waals surface area contributed by atoms with E-state index in [1.165, 1.54) is 64.9 Å². The van der Waals surface area contributed by atoms with Gasteiger partial charge < -0.3 is 0 Å². The molecule has 0 bridgehead atoms. The number of piperidine rings is 1. The molecule has 0 aromatic heterocycles. The number of benzene rings is 3. The van der Waals surface area contributed by atoms with Crippen molar-refractivity contribution in [3.63, 3.8) is 0 Å². The zero-order valence-electron chi connectivity index (χ0n) is 17.4. The molecule has 3 aromatic rings. The molecule has 0 aliphatic carbocycles. The molecule has 1 heterocycles. The second-order valence-electron chi connectivity index (χ2n) is 8.53. The predicted molar refractivity (Wildman–Crippen MR) is 120 cm³/mol. The second kappa shape index (κ2) is 8.32. The van der Waals surface area contributed by atoms with Gasteiger partial charge in [-0.2, -0.15) is 0 Å². The molecule has 1 aliphatic heterocycles. The van der Waals surface area contributed by atoms with E-state index in [0.717, 1.165) is 6.54 Å². The average Bonchev–Trinajstić information content (AvgIpc) is 2.70. The zero-order chi connectivity index (χ0) is 19.5. The van der Waals surface area contributed by atoms with Gasteiger partial charge >= 0.3 is 0 Å². The minimum atomic E-state index is 0.679. The van der Waals surface area contributed by atoms with Gasteiger partial charge in [-0.1, -0.05) is 83.4 Å². The van der Waals surface area contributed by atoms with Crippen LogP contribution in [0.3, 0.4) is 0 Å². The van der Waals surface area contributed by atoms with Crippen molar-refractivity contribution in [2.24, 2.45) is 0 Å². The Morgan fingerprint density at radius 2 is 1.29 bits per heavy atom. The van der Waals surface area contributed by atoms with Crippen molar-refractivity contribution >= 4 is 0 Å². The molecule has 0 unspecified atom stereocenters. The van der Waals surface area contributed by atoms with Crippen LogP contribution in [0.25, 0.3) is 11.1 Å². The van der Waals surface area contributed by atoms with Gasteiger partial charge in [-0.05, 0) is 74.9 Å². The molecule has 1 aliphatic rings. The standard InChI is InChI=1S/C27H31N/c1-20-4-8-23(9-5-20)19-28-14-12-25(13-15-28)27-17-22(3)16-26(18-27)24-10-6-21(2)7-11-24/h4-11,16-18,25H,12-15,19H2,1-3H3. The van der Waals surface area contributed by atoms with Gasteiger partial charge in [0, 0.05) is 6.54 Å². The van der Waals surface area contributed by atoms with Crippen LogP contribution in [0.1, 0.15) is 46.6 Å². The minimum absolute atomic E-state index is 0.679. The van der Waals surface area contributed by atoms with E-state index >= 15 is 0 Å². The summed E-state index contributed by atoms with van der Waals surface area (Å²) < 4.78 is 0. The molecule has 0 saturated carbocycles. The van der Waals surface area contributed by atoms with Crippen LogP contribution in [-0.4, -0.2) is 18.0 Å². The lowest BCUT2D eigenvalue weighted by molar-refractivity contribution is 0.204. The highest BCUT2D eigenvalue weighted by Crippen LogP contribution is 2.32. The Morgan fingerprint density at radius 1 is 0.679 bits per heavy atom. The monoisotopic (exact) mass is 369 g/mol. The van der Waals surface area contributed by atoms with E-state index in [2.05, 4.69) is 92.4 Å². The Balaban J connectivity index is 1.44. The van der Waals surface area contributed by atoms with Crippen LogP contribution < -0.4 is 0 Å². The number of hydrogen-bond donors (Lipinski definition) is 0. The summed E-state index contributed by atoms with van der Waals surface area (Å²) in [5.74, 6) is 0.679. The number of hydrogen-bond acceptors (Lipinski definition) is 1. The fourth-order valence-electron chi connectivity index (χ4n) is 4.34. The van der Waals surface area contributed by atoms with Crippen LogP contribution in [0.2, 0.25) is 0 Å². The van der Waals surface area contributed by atoms with Gasteiger partial charge in [0.15, 0.2) is 0 Å². The molecule has 0 amide bonds. The number of aryl methyl sites for hydroxylation is 3. The maximum atomic E-state index is 2.61. The van der Waals surface area contributed by atoms with E-state index in [1.54, 1.807) is 0 Å². The van der Waals surface area contributed by atoms with Gasteiger partial charge in [0.25, 0.3) is 0 Å². The maximum absolute atomic E-state index is 2.61. The van der Waals surface area contributed by atoms with Crippen LogP contribution >= 0.6 is 0 Å². The molecule has 0 atom stereocenters. The topological polar surface area (TPSA) is 3.24 Å². The number of rotatable bonds is 4. The highest BCUT2D eigenvalue weighted by atomic mass is 15.1. The second-order valence-corrected chi connectivity index (χ2v) is 8.53. The first-order valence-corrected chi connectivity index (χ1v) is 10.5. The van der Waals surface area contributed by atoms with E-state index in [4.69, 9.17) is 0 Å². The lowest BCUT2D eigenvalue weighted by Crippen LogP contribution is -2.32. The van der Waals surface area contributed by atoms with Crippen molar-refractivity contribution in [2.45, 2.75) is 46.1 Å². The first-order chi connectivity index (χ1) is 13.6. The molecule has 28 heavy (non-hydrogen) atoms. The minimum Gasteiger partial charge on any atom is -0.299 e. The third-order valence-corrected chi connectivity index (χ3v) is 6.07. The molecule has 4 rings (SSSR count). The maximum Gasteiger partial charge on any atom is 0.0233 e. The lowest BCUT2D eigenvalue weighted by atomic mass is 9.86. The molecule has 1 fully saturated rings. The van der Waals surface area contributed by atoms with E-state index in [-0.39, 0.29) is 0 Å². The largest absolute Gasteiger partial charge is 0.299 e. The van der Waals surface area contributed by atoms with Crippen LogP contribution in [0.5, 0.6) is 0 Å². The molecule has 144 valence electrons. The fourth-order valence-corrected chi connectivity index (χ4v) is 4.34. The summed E-state index contributed by atoms with van der Waals surface area (Å²) in [5, 5.41) is 0. The molecular formula is C27H31N. The van der Waals surface area contributed by atoms with Gasteiger partial charge in [0.2, 0.25) is 0 Å². The molecular weight excluding hydrogens is 338 g/mol.